The average molecular weight is 326 g/mol. The number of halogens is 1. The zero-order chi connectivity index (χ0) is 16.9. The van der Waals surface area contributed by atoms with Crippen LogP contribution < -0.4 is 5.73 Å². The van der Waals surface area contributed by atoms with E-state index in [1.165, 1.54) is 6.07 Å². The van der Waals surface area contributed by atoms with E-state index in [0.29, 0.717) is 12.5 Å². The van der Waals surface area contributed by atoms with Crippen molar-refractivity contribution >= 4 is 5.91 Å². The summed E-state index contributed by atoms with van der Waals surface area (Å²) in [4.78, 5) is 14.5. The Morgan fingerprint density at radius 2 is 1.79 bits per heavy atom. The molecule has 1 heterocycles. The monoisotopic (exact) mass is 326 g/mol. The van der Waals surface area contributed by atoms with E-state index in [4.69, 9.17) is 5.73 Å². The Balaban J connectivity index is 1.55. The van der Waals surface area contributed by atoms with Gasteiger partial charge in [0.05, 0.1) is 0 Å². The Bertz CT molecular complexity index is 691. The minimum atomic E-state index is -0.180. The Morgan fingerprint density at radius 1 is 1.08 bits per heavy atom. The van der Waals surface area contributed by atoms with E-state index < -0.39 is 0 Å². The molecule has 1 aliphatic heterocycles. The average Bonchev–Trinajstić information content (AvgIpc) is 2.62. The molecule has 0 radical (unpaired) electrons. The van der Waals surface area contributed by atoms with E-state index >= 15 is 0 Å². The Hall–Kier alpha value is -2.20. The zero-order valence-corrected chi connectivity index (χ0v) is 13.7. The van der Waals surface area contributed by atoms with Crippen molar-refractivity contribution < 1.29 is 9.18 Å². The largest absolute Gasteiger partial charge is 0.339 e. The lowest BCUT2D eigenvalue weighted by atomic mass is 9.90. The molecule has 1 amide bonds. The smallest absolute Gasteiger partial charge is 0.253 e. The van der Waals surface area contributed by atoms with E-state index in [1.54, 1.807) is 12.1 Å². The van der Waals surface area contributed by atoms with E-state index in [0.717, 1.165) is 49.0 Å². The maximum absolute atomic E-state index is 13.3. The van der Waals surface area contributed by atoms with E-state index in [9.17, 15) is 9.18 Å². The van der Waals surface area contributed by atoms with Gasteiger partial charge in [-0.15, -0.1) is 0 Å². The van der Waals surface area contributed by atoms with Gasteiger partial charge in [0.2, 0.25) is 0 Å². The predicted molar refractivity (Wildman–Crippen MR) is 93.1 cm³/mol. The molecule has 0 aromatic heterocycles. The van der Waals surface area contributed by atoms with Crippen molar-refractivity contribution in [3.63, 3.8) is 0 Å². The van der Waals surface area contributed by atoms with Crippen LogP contribution >= 0.6 is 0 Å². The summed E-state index contributed by atoms with van der Waals surface area (Å²) in [5, 5.41) is 0. The van der Waals surface area contributed by atoms with Crippen molar-refractivity contribution in [3.8, 4) is 0 Å². The summed E-state index contributed by atoms with van der Waals surface area (Å²) in [5.74, 6) is 0.416. The number of piperidine rings is 1. The fourth-order valence-electron chi connectivity index (χ4n) is 3.30. The highest BCUT2D eigenvalue weighted by Gasteiger charge is 2.23. The van der Waals surface area contributed by atoms with Gasteiger partial charge in [0.1, 0.15) is 5.82 Å². The number of carbonyl (C=O) groups excluding carboxylic acids is 1. The number of amides is 1. The summed E-state index contributed by atoms with van der Waals surface area (Å²) in [6.07, 6.45) is 2.80. The fourth-order valence-corrected chi connectivity index (χ4v) is 3.30. The number of nitrogens with zero attached hydrogens (tertiary/aromatic N) is 1. The van der Waals surface area contributed by atoms with E-state index in [1.807, 2.05) is 35.2 Å². The molecule has 0 spiro atoms. The van der Waals surface area contributed by atoms with Crippen molar-refractivity contribution in [2.75, 3.05) is 13.1 Å². The van der Waals surface area contributed by atoms with Crippen LogP contribution in [0.5, 0.6) is 0 Å². The fraction of sp³-hybridized carbons (Fsp3) is 0.350. The first kappa shape index (κ1) is 16.7. The predicted octanol–water partition coefficient (Wildman–Crippen LogP) is 3.38. The lowest BCUT2D eigenvalue weighted by Crippen LogP contribution is -2.38. The highest BCUT2D eigenvalue weighted by atomic mass is 19.1. The van der Waals surface area contributed by atoms with Gasteiger partial charge in [0.15, 0.2) is 0 Å². The summed E-state index contributed by atoms with van der Waals surface area (Å²) in [6.45, 7) is 2.01. The summed E-state index contributed by atoms with van der Waals surface area (Å²) in [7, 11) is 0. The van der Waals surface area contributed by atoms with Gasteiger partial charge in [-0.3, -0.25) is 4.79 Å². The summed E-state index contributed by atoms with van der Waals surface area (Å²) < 4.78 is 13.3. The highest BCUT2D eigenvalue weighted by Crippen LogP contribution is 2.23. The first-order valence-electron chi connectivity index (χ1n) is 8.48. The maximum atomic E-state index is 13.3. The quantitative estimate of drug-likeness (QED) is 0.936. The number of hydrogen-bond acceptors (Lipinski definition) is 2. The summed E-state index contributed by atoms with van der Waals surface area (Å²) >= 11 is 0. The maximum Gasteiger partial charge on any atom is 0.253 e. The second kappa shape index (κ2) is 7.58. The molecule has 2 aromatic carbocycles. The lowest BCUT2D eigenvalue weighted by Gasteiger charge is -2.32. The van der Waals surface area contributed by atoms with Gasteiger partial charge in [-0.25, -0.2) is 4.39 Å². The van der Waals surface area contributed by atoms with Crippen molar-refractivity contribution in [1.82, 2.24) is 4.90 Å². The summed E-state index contributed by atoms with van der Waals surface area (Å²) in [5.41, 5.74) is 8.37. The van der Waals surface area contributed by atoms with Crippen LogP contribution in [0.4, 0.5) is 4.39 Å². The number of nitrogens with two attached hydrogens (primary N) is 1. The van der Waals surface area contributed by atoms with Gasteiger partial charge in [-0.2, -0.15) is 0 Å². The molecule has 3 nitrogen and oxygen atoms in total. The molecule has 4 heteroatoms. The number of benzene rings is 2. The van der Waals surface area contributed by atoms with Gasteiger partial charge < -0.3 is 10.6 Å². The van der Waals surface area contributed by atoms with Crippen LogP contribution in [0.25, 0.3) is 0 Å². The van der Waals surface area contributed by atoms with E-state index in [-0.39, 0.29) is 11.7 Å². The minimum absolute atomic E-state index is 0.0859. The SMILES string of the molecule is NCc1ccc(C(=O)N2CCC(Cc3cccc(F)c3)CC2)cc1. The van der Waals surface area contributed by atoms with Gasteiger partial charge in [0, 0.05) is 25.2 Å². The third kappa shape index (κ3) is 4.01. The zero-order valence-electron chi connectivity index (χ0n) is 13.7. The van der Waals surface area contributed by atoms with Crippen LogP contribution in [0, 0.1) is 11.7 Å². The molecule has 1 saturated heterocycles. The molecule has 2 aromatic rings. The molecule has 24 heavy (non-hydrogen) atoms. The van der Waals surface area contributed by atoms with Gasteiger partial charge in [-0.05, 0) is 60.6 Å². The molecule has 1 fully saturated rings. The minimum Gasteiger partial charge on any atom is -0.339 e. The third-order valence-corrected chi connectivity index (χ3v) is 4.75. The van der Waals surface area contributed by atoms with Crippen LogP contribution in [0.1, 0.15) is 34.3 Å². The summed E-state index contributed by atoms with van der Waals surface area (Å²) in [6, 6.07) is 14.3. The number of rotatable bonds is 4. The number of hydrogen-bond donors (Lipinski definition) is 1. The Kier molecular flexibility index (Phi) is 5.26. The van der Waals surface area contributed by atoms with Gasteiger partial charge >= 0.3 is 0 Å². The van der Waals surface area contributed by atoms with Crippen molar-refractivity contribution in [2.24, 2.45) is 11.7 Å². The lowest BCUT2D eigenvalue weighted by molar-refractivity contribution is 0.0690. The Morgan fingerprint density at radius 3 is 2.42 bits per heavy atom. The second-order valence-corrected chi connectivity index (χ2v) is 6.47. The molecule has 0 saturated carbocycles. The molecule has 0 atom stereocenters. The van der Waals surface area contributed by atoms with Crippen molar-refractivity contribution in [2.45, 2.75) is 25.8 Å². The van der Waals surface area contributed by atoms with Gasteiger partial charge in [-0.1, -0.05) is 24.3 Å². The first-order chi connectivity index (χ1) is 11.7. The number of carbonyl (C=O) groups is 1. The normalized spacial score (nSPS) is 15.5. The van der Waals surface area contributed by atoms with Crippen LogP contribution in [0.15, 0.2) is 48.5 Å². The van der Waals surface area contributed by atoms with Crippen LogP contribution in [-0.4, -0.2) is 23.9 Å². The standard InChI is InChI=1S/C20H23FN2O/c21-19-3-1-2-17(13-19)12-15-8-10-23(11-9-15)20(24)18-6-4-16(14-22)5-7-18/h1-7,13,15H,8-12,14,22H2. The molecular weight excluding hydrogens is 303 g/mol. The highest BCUT2D eigenvalue weighted by molar-refractivity contribution is 5.94. The third-order valence-electron chi connectivity index (χ3n) is 4.75. The first-order valence-corrected chi connectivity index (χ1v) is 8.48. The van der Waals surface area contributed by atoms with Crippen LogP contribution in [0.2, 0.25) is 0 Å². The van der Waals surface area contributed by atoms with E-state index in [2.05, 4.69) is 0 Å². The van der Waals surface area contributed by atoms with Crippen molar-refractivity contribution in [3.05, 3.63) is 71.0 Å². The molecule has 126 valence electrons. The number of likely N-dealkylation sites (tertiary alicyclic amines) is 1. The molecule has 0 unspecified atom stereocenters. The molecule has 1 aliphatic rings. The van der Waals surface area contributed by atoms with Crippen LogP contribution in [0.3, 0.4) is 0 Å². The molecule has 0 bridgehead atoms. The molecule has 3 rings (SSSR count). The van der Waals surface area contributed by atoms with Crippen LogP contribution in [-0.2, 0) is 13.0 Å². The molecular formula is C20H23FN2O. The second-order valence-electron chi connectivity index (χ2n) is 6.47. The molecule has 0 aliphatic carbocycles. The topological polar surface area (TPSA) is 46.3 Å². The van der Waals surface area contributed by atoms with Gasteiger partial charge in [0.25, 0.3) is 5.91 Å². The van der Waals surface area contributed by atoms with Crippen molar-refractivity contribution in [1.29, 1.82) is 0 Å². The molecule has 2 N–H and O–H groups in total. The Labute approximate surface area is 142 Å².